The van der Waals surface area contributed by atoms with Gasteiger partial charge in [0, 0.05) is 18.3 Å². The number of carbonyl (C=O) groups excluding carboxylic acids is 2. The molecule has 4 rings (SSSR count). The highest BCUT2D eigenvalue weighted by molar-refractivity contribution is 5.97. The van der Waals surface area contributed by atoms with Gasteiger partial charge in [-0.3, -0.25) is 9.69 Å². The van der Waals surface area contributed by atoms with E-state index in [9.17, 15) is 14.4 Å². The molecule has 1 aliphatic rings. The average Bonchev–Trinajstić information content (AvgIpc) is 3.38. The van der Waals surface area contributed by atoms with Crippen LogP contribution in [0, 0.1) is 0 Å². The summed E-state index contributed by atoms with van der Waals surface area (Å²) in [5, 5.41) is 11.7. The molecule has 7 nitrogen and oxygen atoms in total. The summed E-state index contributed by atoms with van der Waals surface area (Å²) >= 11 is 0. The lowest BCUT2D eigenvalue weighted by Gasteiger charge is -2.23. The molecule has 1 unspecified atom stereocenters. The minimum Gasteiger partial charge on any atom is -0.478 e. The van der Waals surface area contributed by atoms with Crippen LogP contribution in [0.15, 0.2) is 84.9 Å². The smallest absolute Gasteiger partial charge is 0.410 e. The number of amides is 2. The van der Waals surface area contributed by atoms with E-state index in [1.165, 1.54) is 11.0 Å². The van der Waals surface area contributed by atoms with Gasteiger partial charge in [-0.25, -0.2) is 9.59 Å². The first-order valence-corrected chi connectivity index (χ1v) is 11.4. The van der Waals surface area contributed by atoms with Gasteiger partial charge in [0.2, 0.25) is 5.91 Å². The fourth-order valence-electron chi connectivity index (χ4n) is 4.02. The number of rotatable bonds is 7. The lowest BCUT2D eigenvalue weighted by Crippen LogP contribution is -2.43. The second-order valence-corrected chi connectivity index (χ2v) is 8.26. The SMILES string of the molecule is O=C(O)/C=C/c1ccc(-c2cccc(NC(=O)C3CCCN3C(=O)OCc3ccccc3)c2)cc1. The second kappa shape index (κ2) is 11.2. The van der Waals surface area contributed by atoms with Gasteiger partial charge in [0.1, 0.15) is 12.6 Å². The van der Waals surface area contributed by atoms with Crippen LogP contribution in [-0.4, -0.2) is 40.6 Å². The molecule has 0 aliphatic carbocycles. The van der Waals surface area contributed by atoms with Crippen molar-refractivity contribution in [3.63, 3.8) is 0 Å². The molecule has 178 valence electrons. The lowest BCUT2D eigenvalue weighted by molar-refractivity contribution is -0.131. The summed E-state index contributed by atoms with van der Waals surface area (Å²) in [5.41, 5.74) is 4.14. The molecule has 0 bridgehead atoms. The predicted octanol–water partition coefficient (Wildman–Crippen LogP) is 5.19. The molecule has 0 spiro atoms. The fourth-order valence-corrected chi connectivity index (χ4v) is 4.02. The van der Waals surface area contributed by atoms with Crippen LogP contribution in [0.25, 0.3) is 17.2 Å². The first kappa shape index (κ1) is 23.8. The molecule has 0 radical (unpaired) electrons. The van der Waals surface area contributed by atoms with Gasteiger partial charge in [-0.1, -0.05) is 66.7 Å². The Labute approximate surface area is 203 Å². The summed E-state index contributed by atoms with van der Waals surface area (Å²) in [6.07, 6.45) is 3.45. The van der Waals surface area contributed by atoms with Gasteiger partial charge in [-0.15, -0.1) is 0 Å². The van der Waals surface area contributed by atoms with Gasteiger partial charge in [-0.05, 0) is 53.3 Å². The van der Waals surface area contributed by atoms with Gasteiger partial charge >= 0.3 is 12.1 Å². The molecule has 1 aliphatic heterocycles. The van der Waals surface area contributed by atoms with Crippen LogP contribution in [0.2, 0.25) is 0 Å². The number of ether oxygens (including phenoxy) is 1. The molecule has 2 amide bonds. The number of benzene rings is 3. The molecule has 1 atom stereocenters. The summed E-state index contributed by atoms with van der Waals surface area (Å²) in [6.45, 7) is 0.645. The van der Waals surface area contributed by atoms with Crippen molar-refractivity contribution in [1.29, 1.82) is 0 Å². The zero-order valence-corrected chi connectivity index (χ0v) is 19.1. The third-order valence-electron chi connectivity index (χ3n) is 5.79. The van der Waals surface area contributed by atoms with Gasteiger partial charge < -0.3 is 15.2 Å². The number of nitrogens with one attached hydrogen (secondary N) is 1. The summed E-state index contributed by atoms with van der Waals surface area (Å²) < 4.78 is 5.43. The van der Waals surface area contributed by atoms with Gasteiger partial charge in [0.25, 0.3) is 0 Å². The van der Waals surface area contributed by atoms with Gasteiger partial charge in [0.15, 0.2) is 0 Å². The third kappa shape index (κ3) is 6.35. The maximum Gasteiger partial charge on any atom is 0.410 e. The molecule has 0 saturated carbocycles. The lowest BCUT2D eigenvalue weighted by atomic mass is 10.0. The van der Waals surface area contributed by atoms with Crippen molar-refractivity contribution in [1.82, 2.24) is 4.90 Å². The maximum atomic E-state index is 13.0. The Morgan fingerprint density at radius 2 is 1.74 bits per heavy atom. The molecular formula is C28H26N2O5. The molecule has 0 aromatic heterocycles. The van der Waals surface area contributed by atoms with E-state index < -0.39 is 18.1 Å². The van der Waals surface area contributed by atoms with E-state index in [1.54, 1.807) is 6.07 Å². The molecule has 35 heavy (non-hydrogen) atoms. The number of likely N-dealkylation sites (tertiary alicyclic amines) is 1. The van der Waals surface area contributed by atoms with Gasteiger partial charge in [-0.2, -0.15) is 0 Å². The largest absolute Gasteiger partial charge is 0.478 e. The number of carboxylic acid groups (broad SMARTS) is 1. The summed E-state index contributed by atoms with van der Waals surface area (Å²) in [7, 11) is 0. The fraction of sp³-hybridized carbons (Fsp3) is 0.179. The maximum absolute atomic E-state index is 13.0. The van der Waals surface area contributed by atoms with Crippen LogP contribution >= 0.6 is 0 Å². The molecular weight excluding hydrogens is 444 g/mol. The van der Waals surface area contributed by atoms with Crippen LogP contribution in [0.5, 0.6) is 0 Å². The van der Waals surface area contributed by atoms with E-state index >= 15 is 0 Å². The highest BCUT2D eigenvalue weighted by Gasteiger charge is 2.35. The van der Waals surface area contributed by atoms with E-state index in [4.69, 9.17) is 9.84 Å². The Bertz CT molecular complexity index is 1220. The number of hydrogen-bond acceptors (Lipinski definition) is 4. The third-order valence-corrected chi connectivity index (χ3v) is 5.79. The normalized spacial score (nSPS) is 15.2. The van der Waals surface area contributed by atoms with Crippen LogP contribution in [0.1, 0.15) is 24.0 Å². The van der Waals surface area contributed by atoms with E-state index in [2.05, 4.69) is 5.32 Å². The minimum atomic E-state index is -0.997. The second-order valence-electron chi connectivity index (χ2n) is 8.26. The zero-order chi connectivity index (χ0) is 24.6. The Hall–Kier alpha value is -4.39. The molecule has 1 heterocycles. The molecule has 7 heteroatoms. The van der Waals surface area contributed by atoms with Crippen molar-refractivity contribution in [3.05, 3.63) is 96.1 Å². The molecule has 2 N–H and O–H groups in total. The first-order valence-electron chi connectivity index (χ1n) is 11.4. The molecule has 3 aromatic carbocycles. The highest BCUT2D eigenvalue weighted by Crippen LogP contribution is 2.25. The number of anilines is 1. The highest BCUT2D eigenvalue weighted by atomic mass is 16.6. The molecule has 1 saturated heterocycles. The Kier molecular flexibility index (Phi) is 7.57. The number of carboxylic acids is 1. The Balaban J connectivity index is 1.39. The number of nitrogens with zero attached hydrogens (tertiary/aromatic N) is 1. The Morgan fingerprint density at radius 1 is 0.971 bits per heavy atom. The van der Waals surface area contributed by atoms with E-state index in [0.29, 0.717) is 18.7 Å². The molecule has 1 fully saturated rings. The van der Waals surface area contributed by atoms with Crippen molar-refractivity contribution < 1.29 is 24.2 Å². The van der Waals surface area contributed by atoms with Crippen molar-refractivity contribution in [2.24, 2.45) is 0 Å². The number of aliphatic carboxylic acids is 1. The van der Waals surface area contributed by atoms with Crippen molar-refractivity contribution in [2.75, 3.05) is 11.9 Å². The van der Waals surface area contributed by atoms with Crippen molar-refractivity contribution >= 4 is 29.7 Å². The van der Waals surface area contributed by atoms with Crippen molar-refractivity contribution in [3.8, 4) is 11.1 Å². The topological polar surface area (TPSA) is 95.9 Å². The quantitative estimate of drug-likeness (QED) is 0.463. The van der Waals surface area contributed by atoms with Crippen LogP contribution in [0.4, 0.5) is 10.5 Å². The first-order chi connectivity index (χ1) is 17.0. The average molecular weight is 471 g/mol. The van der Waals surface area contributed by atoms with E-state index in [1.807, 2.05) is 72.8 Å². The number of carbonyl (C=O) groups is 3. The summed E-state index contributed by atoms with van der Waals surface area (Å²) in [6, 6.07) is 23.8. The molecule has 3 aromatic rings. The van der Waals surface area contributed by atoms with Gasteiger partial charge in [0.05, 0.1) is 0 Å². The summed E-state index contributed by atoms with van der Waals surface area (Å²) in [5.74, 6) is -1.24. The predicted molar refractivity (Wildman–Crippen MR) is 134 cm³/mol. The van der Waals surface area contributed by atoms with E-state index in [-0.39, 0.29) is 12.5 Å². The van der Waals surface area contributed by atoms with E-state index in [0.717, 1.165) is 34.8 Å². The Morgan fingerprint density at radius 3 is 2.49 bits per heavy atom. The van der Waals surface area contributed by atoms with Crippen LogP contribution in [0.3, 0.4) is 0 Å². The van der Waals surface area contributed by atoms with Crippen LogP contribution < -0.4 is 5.32 Å². The number of hydrogen-bond donors (Lipinski definition) is 2. The van der Waals surface area contributed by atoms with Crippen LogP contribution in [-0.2, 0) is 20.9 Å². The van der Waals surface area contributed by atoms with Crippen molar-refractivity contribution in [2.45, 2.75) is 25.5 Å². The standard InChI is InChI=1S/C28H26N2O5/c31-26(32)16-13-20-11-14-22(15-12-20)23-8-4-9-24(18-23)29-27(33)25-10-5-17-30(25)28(34)35-19-21-6-2-1-3-7-21/h1-4,6-9,11-16,18,25H,5,10,17,19H2,(H,29,33)(H,31,32)/b16-13+. The summed E-state index contributed by atoms with van der Waals surface area (Å²) in [4.78, 5) is 37.8. The monoisotopic (exact) mass is 470 g/mol. The zero-order valence-electron chi connectivity index (χ0n) is 19.1. The minimum absolute atomic E-state index is 0.164.